The molecule has 3 aromatic carbocycles. The zero-order valence-electron chi connectivity index (χ0n) is 18.0. The molecule has 1 aliphatic rings. The molecule has 1 heterocycles. The molecule has 1 N–H and O–H groups in total. The second kappa shape index (κ2) is 11.0. The standard InChI is InChI=1S/C25H19Cl2FN2O3S/c1-2-32-22-11-15(7-10-21(22)33-14-16-5-3-4-6-18(16)26)12-23-24(31)30-25(34-23)29-17-8-9-20(28)19(27)13-17/h3-13H,2,14H2,1H3,(H,29,30,31)/b23-12-. The first kappa shape index (κ1) is 24.1. The van der Waals surface area contributed by atoms with Gasteiger partial charge in [-0.2, -0.15) is 0 Å². The Morgan fingerprint density at radius 1 is 1.03 bits per heavy atom. The fraction of sp³-hybridized carbons (Fsp3) is 0.120. The number of ether oxygens (including phenoxy) is 2. The van der Waals surface area contributed by atoms with Gasteiger partial charge in [-0.15, -0.1) is 0 Å². The van der Waals surface area contributed by atoms with Crippen molar-refractivity contribution in [3.05, 3.63) is 92.6 Å². The van der Waals surface area contributed by atoms with Gasteiger partial charge in [0.25, 0.3) is 5.91 Å². The molecule has 1 saturated heterocycles. The molecule has 0 unspecified atom stereocenters. The number of aliphatic imine (C=N–C) groups is 1. The van der Waals surface area contributed by atoms with Crippen molar-refractivity contribution in [1.29, 1.82) is 0 Å². The summed E-state index contributed by atoms with van der Waals surface area (Å²) in [5.74, 6) is 0.317. The van der Waals surface area contributed by atoms with E-state index in [0.717, 1.165) is 11.1 Å². The Kier molecular flexibility index (Phi) is 7.77. The van der Waals surface area contributed by atoms with E-state index in [4.69, 9.17) is 32.7 Å². The molecular formula is C25H19Cl2FN2O3S. The van der Waals surface area contributed by atoms with E-state index >= 15 is 0 Å². The molecule has 34 heavy (non-hydrogen) atoms. The second-order valence-electron chi connectivity index (χ2n) is 7.10. The molecule has 0 aromatic heterocycles. The highest BCUT2D eigenvalue weighted by Gasteiger charge is 2.24. The van der Waals surface area contributed by atoms with Crippen LogP contribution in [0.25, 0.3) is 6.08 Å². The van der Waals surface area contributed by atoms with Crippen molar-refractivity contribution in [3.63, 3.8) is 0 Å². The molecule has 0 radical (unpaired) electrons. The van der Waals surface area contributed by atoms with Crippen LogP contribution < -0.4 is 14.8 Å². The summed E-state index contributed by atoms with van der Waals surface area (Å²) in [5, 5.41) is 3.68. The Labute approximate surface area is 210 Å². The maximum absolute atomic E-state index is 13.4. The van der Waals surface area contributed by atoms with Crippen LogP contribution in [0.4, 0.5) is 10.1 Å². The number of amidine groups is 1. The van der Waals surface area contributed by atoms with E-state index in [-0.39, 0.29) is 10.9 Å². The lowest BCUT2D eigenvalue weighted by atomic mass is 10.2. The van der Waals surface area contributed by atoms with Gasteiger partial charge in [0.05, 0.1) is 22.2 Å². The Bertz CT molecular complexity index is 1300. The van der Waals surface area contributed by atoms with E-state index in [1.165, 1.54) is 30.0 Å². The molecule has 0 saturated carbocycles. The Balaban J connectivity index is 1.52. The summed E-state index contributed by atoms with van der Waals surface area (Å²) in [6.45, 7) is 2.63. The zero-order chi connectivity index (χ0) is 24.1. The molecule has 0 spiro atoms. The van der Waals surface area contributed by atoms with Crippen LogP contribution in [-0.4, -0.2) is 17.7 Å². The van der Waals surface area contributed by atoms with Crippen LogP contribution in [0.5, 0.6) is 11.5 Å². The maximum Gasteiger partial charge on any atom is 0.264 e. The van der Waals surface area contributed by atoms with Crippen molar-refractivity contribution < 1.29 is 18.7 Å². The highest BCUT2D eigenvalue weighted by molar-refractivity contribution is 8.18. The summed E-state index contributed by atoms with van der Waals surface area (Å²) in [6, 6.07) is 17.0. The van der Waals surface area contributed by atoms with E-state index in [9.17, 15) is 9.18 Å². The highest BCUT2D eigenvalue weighted by Crippen LogP contribution is 2.33. The molecule has 5 nitrogen and oxygen atoms in total. The SMILES string of the molecule is CCOc1cc(/C=C2\SC(=Nc3ccc(F)c(Cl)c3)NC2=O)ccc1OCc1ccccc1Cl. The third-order valence-corrected chi connectivity index (χ3v) is 6.26. The summed E-state index contributed by atoms with van der Waals surface area (Å²) < 4.78 is 25.0. The lowest BCUT2D eigenvalue weighted by Crippen LogP contribution is -2.19. The van der Waals surface area contributed by atoms with Gasteiger partial charge in [0, 0.05) is 10.6 Å². The average Bonchev–Trinajstić information content (AvgIpc) is 3.15. The van der Waals surface area contributed by atoms with Crippen molar-refractivity contribution in [2.24, 2.45) is 4.99 Å². The quantitative estimate of drug-likeness (QED) is 0.343. The van der Waals surface area contributed by atoms with E-state index in [1.807, 2.05) is 37.3 Å². The summed E-state index contributed by atoms with van der Waals surface area (Å²) in [6.07, 6.45) is 1.74. The first-order chi connectivity index (χ1) is 16.4. The number of amides is 1. The van der Waals surface area contributed by atoms with Crippen molar-refractivity contribution in [3.8, 4) is 11.5 Å². The zero-order valence-corrected chi connectivity index (χ0v) is 20.3. The third kappa shape index (κ3) is 5.91. The molecule has 0 aliphatic carbocycles. The second-order valence-corrected chi connectivity index (χ2v) is 8.94. The van der Waals surface area contributed by atoms with E-state index < -0.39 is 5.82 Å². The van der Waals surface area contributed by atoms with Gasteiger partial charge < -0.3 is 14.8 Å². The summed E-state index contributed by atoms with van der Waals surface area (Å²) in [5.41, 5.74) is 2.07. The maximum atomic E-state index is 13.4. The van der Waals surface area contributed by atoms with Gasteiger partial charge in [-0.3, -0.25) is 4.79 Å². The molecule has 1 fully saturated rings. The van der Waals surface area contributed by atoms with Gasteiger partial charge in [0.2, 0.25) is 0 Å². The minimum Gasteiger partial charge on any atom is -0.490 e. The molecular weight excluding hydrogens is 498 g/mol. The van der Waals surface area contributed by atoms with Crippen molar-refractivity contribution >= 4 is 57.8 Å². The van der Waals surface area contributed by atoms with Crippen LogP contribution in [0.15, 0.2) is 70.6 Å². The topological polar surface area (TPSA) is 59.9 Å². The number of hydrogen-bond donors (Lipinski definition) is 1. The number of halogens is 3. The van der Waals surface area contributed by atoms with E-state index in [2.05, 4.69) is 10.3 Å². The number of benzene rings is 3. The number of thioether (sulfide) groups is 1. The predicted octanol–water partition coefficient (Wildman–Crippen LogP) is 7.00. The van der Waals surface area contributed by atoms with Gasteiger partial charge in [0.1, 0.15) is 12.4 Å². The molecule has 3 aromatic rings. The first-order valence-corrected chi connectivity index (χ1v) is 11.9. The number of rotatable bonds is 7. The Morgan fingerprint density at radius 2 is 1.85 bits per heavy atom. The minimum absolute atomic E-state index is 0.0350. The third-order valence-electron chi connectivity index (χ3n) is 4.69. The van der Waals surface area contributed by atoms with Crippen LogP contribution in [-0.2, 0) is 11.4 Å². The van der Waals surface area contributed by atoms with Crippen LogP contribution in [0.3, 0.4) is 0 Å². The monoisotopic (exact) mass is 516 g/mol. The smallest absolute Gasteiger partial charge is 0.264 e. The molecule has 0 bridgehead atoms. The van der Waals surface area contributed by atoms with E-state index in [1.54, 1.807) is 18.2 Å². The van der Waals surface area contributed by atoms with Crippen LogP contribution in [0.2, 0.25) is 10.0 Å². The van der Waals surface area contributed by atoms with Gasteiger partial charge in [-0.05, 0) is 66.7 Å². The highest BCUT2D eigenvalue weighted by atomic mass is 35.5. The minimum atomic E-state index is -0.529. The molecule has 4 rings (SSSR count). The van der Waals surface area contributed by atoms with Crippen LogP contribution in [0, 0.1) is 5.82 Å². The summed E-state index contributed by atoms with van der Waals surface area (Å²) >= 11 is 13.2. The van der Waals surface area contributed by atoms with Crippen LogP contribution >= 0.6 is 35.0 Å². The lowest BCUT2D eigenvalue weighted by Gasteiger charge is -2.13. The number of hydrogen-bond acceptors (Lipinski definition) is 5. The molecule has 9 heteroatoms. The number of nitrogens with zero attached hydrogens (tertiary/aromatic N) is 1. The number of nitrogens with one attached hydrogen (secondary N) is 1. The number of carbonyl (C=O) groups excluding carboxylic acids is 1. The Hall–Kier alpha value is -3.00. The van der Waals surface area contributed by atoms with Crippen molar-refractivity contribution in [2.45, 2.75) is 13.5 Å². The predicted molar refractivity (Wildman–Crippen MR) is 136 cm³/mol. The lowest BCUT2D eigenvalue weighted by molar-refractivity contribution is -0.115. The number of carbonyl (C=O) groups is 1. The molecule has 174 valence electrons. The Morgan fingerprint density at radius 3 is 2.62 bits per heavy atom. The van der Waals surface area contributed by atoms with Gasteiger partial charge in [0.15, 0.2) is 16.7 Å². The van der Waals surface area contributed by atoms with Crippen molar-refractivity contribution in [1.82, 2.24) is 5.32 Å². The molecule has 0 atom stereocenters. The summed E-state index contributed by atoms with van der Waals surface area (Å²) in [7, 11) is 0. The molecule has 1 aliphatic heterocycles. The van der Waals surface area contributed by atoms with Gasteiger partial charge >= 0.3 is 0 Å². The van der Waals surface area contributed by atoms with Gasteiger partial charge in [-0.25, -0.2) is 9.38 Å². The van der Waals surface area contributed by atoms with Crippen LogP contribution in [0.1, 0.15) is 18.1 Å². The fourth-order valence-electron chi connectivity index (χ4n) is 3.08. The first-order valence-electron chi connectivity index (χ1n) is 10.3. The fourth-order valence-corrected chi connectivity index (χ4v) is 4.28. The summed E-state index contributed by atoms with van der Waals surface area (Å²) in [4.78, 5) is 17.2. The largest absolute Gasteiger partial charge is 0.490 e. The van der Waals surface area contributed by atoms with Gasteiger partial charge in [-0.1, -0.05) is 47.5 Å². The normalized spacial score (nSPS) is 15.6. The van der Waals surface area contributed by atoms with E-state index in [0.29, 0.717) is 45.5 Å². The molecule has 1 amide bonds. The average molecular weight is 517 g/mol. The van der Waals surface area contributed by atoms with Crippen molar-refractivity contribution in [2.75, 3.05) is 6.61 Å².